The van der Waals surface area contributed by atoms with Crippen LogP contribution in [0, 0.1) is 46.3 Å². The van der Waals surface area contributed by atoms with Crippen LogP contribution in [0.3, 0.4) is 0 Å². The normalized spacial score (nSPS) is 44.0. The highest BCUT2D eigenvalue weighted by atomic mass is 16.7. The van der Waals surface area contributed by atoms with Crippen molar-refractivity contribution >= 4 is 0 Å². The molecule has 0 bridgehead atoms. The van der Waals surface area contributed by atoms with Gasteiger partial charge in [0.05, 0.1) is 0 Å². The minimum Gasteiger partial charge on any atom is -0.377 e. The Morgan fingerprint density at radius 2 is 1.52 bits per heavy atom. The van der Waals surface area contributed by atoms with Gasteiger partial charge in [-0.1, -0.05) is 40.0 Å². The van der Waals surface area contributed by atoms with Crippen LogP contribution >= 0.6 is 0 Å². The van der Waals surface area contributed by atoms with Crippen molar-refractivity contribution in [2.75, 3.05) is 0 Å². The molecule has 0 aliphatic heterocycles. The minimum atomic E-state index is -3.55. The molecule has 4 rings (SSSR count). The number of hydrogen-bond donors (Lipinski definition) is 6. The molecule has 4 fully saturated rings. The Morgan fingerprint density at radius 1 is 0.818 bits per heavy atom. The van der Waals surface area contributed by atoms with Crippen LogP contribution in [0.5, 0.6) is 0 Å². The Balaban J connectivity index is 1.41. The zero-order valence-corrected chi connectivity index (χ0v) is 20.9. The monoisotopic (exact) mass is 468 g/mol. The zero-order valence-electron chi connectivity index (χ0n) is 20.9. The predicted molar refractivity (Wildman–Crippen MR) is 125 cm³/mol. The van der Waals surface area contributed by atoms with Crippen LogP contribution in [0.2, 0.25) is 0 Å². The molecule has 192 valence electrons. The molecule has 0 radical (unpaired) electrons. The summed E-state index contributed by atoms with van der Waals surface area (Å²) in [6.45, 7) is 7.39. The molecule has 0 aromatic heterocycles. The average molecular weight is 469 g/mol. The summed E-state index contributed by atoms with van der Waals surface area (Å²) in [7, 11) is 0. The number of aliphatic hydroxyl groups is 6. The maximum absolute atomic E-state index is 10.2. The highest BCUT2D eigenvalue weighted by molar-refractivity contribution is 5.09. The van der Waals surface area contributed by atoms with Gasteiger partial charge in [0.1, 0.15) is 0 Å². The number of fused-ring (bicyclic) bond motifs is 5. The topological polar surface area (TPSA) is 121 Å². The zero-order chi connectivity index (χ0) is 24.2. The summed E-state index contributed by atoms with van der Waals surface area (Å²) in [6, 6.07) is 0. The smallest absolute Gasteiger partial charge is 0.311 e. The fourth-order valence-electron chi connectivity index (χ4n) is 9.64. The Kier molecular flexibility index (Phi) is 7.05. The average Bonchev–Trinajstić information content (AvgIpc) is 3.09. The Labute approximate surface area is 199 Å². The molecule has 0 aromatic rings. The van der Waals surface area contributed by atoms with E-state index < -0.39 is 17.9 Å². The van der Waals surface area contributed by atoms with Gasteiger partial charge in [-0.25, -0.2) is 0 Å². The third kappa shape index (κ3) is 4.21. The molecule has 4 aliphatic rings. The summed E-state index contributed by atoms with van der Waals surface area (Å²) in [6.07, 6.45) is 12.1. The molecule has 4 saturated carbocycles. The van der Waals surface area contributed by atoms with Gasteiger partial charge < -0.3 is 30.6 Å². The van der Waals surface area contributed by atoms with Crippen molar-refractivity contribution in [3.63, 3.8) is 0 Å². The molecular formula is C27H48O6. The lowest BCUT2D eigenvalue weighted by Crippen LogP contribution is -2.61. The van der Waals surface area contributed by atoms with Crippen LogP contribution in [0.1, 0.15) is 104 Å². The van der Waals surface area contributed by atoms with Crippen LogP contribution in [0.4, 0.5) is 0 Å². The molecule has 0 heterocycles. The highest BCUT2D eigenvalue weighted by Crippen LogP contribution is 2.68. The second-order valence-corrected chi connectivity index (χ2v) is 12.9. The molecule has 1 unspecified atom stereocenters. The van der Waals surface area contributed by atoms with E-state index >= 15 is 0 Å². The van der Waals surface area contributed by atoms with Gasteiger partial charge in [0.25, 0.3) is 0 Å². The van der Waals surface area contributed by atoms with Crippen LogP contribution < -0.4 is 0 Å². The van der Waals surface area contributed by atoms with E-state index in [2.05, 4.69) is 20.8 Å². The molecular weight excluding hydrogens is 420 g/mol. The first-order chi connectivity index (χ1) is 15.3. The first-order valence-corrected chi connectivity index (χ1v) is 13.6. The minimum absolute atomic E-state index is 0.296. The van der Waals surface area contributed by atoms with Crippen molar-refractivity contribution in [2.24, 2.45) is 46.3 Å². The van der Waals surface area contributed by atoms with Crippen LogP contribution in [-0.2, 0) is 0 Å². The van der Waals surface area contributed by atoms with E-state index in [1.165, 1.54) is 64.2 Å². The number of aliphatic hydroxyl groups excluding tert-OH is 1. The summed E-state index contributed by atoms with van der Waals surface area (Å²) in [5, 5.41) is 57.4. The van der Waals surface area contributed by atoms with E-state index in [-0.39, 0.29) is 6.42 Å². The van der Waals surface area contributed by atoms with E-state index in [1.54, 1.807) is 0 Å². The number of rotatable bonds is 7. The maximum Gasteiger partial charge on any atom is 0.311 e. The van der Waals surface area contributed by atoms with Crippen molar-refractivity contribution in [1.29, 1.82) is 0 Å². The van der Waals surface area contributed by atoms with E-state index in [0.29, 0.717) is 29.1 Å². The van der Waals surface area contributed by atoms with Crippen molar-refractivity contribution in [2.45, 2.75) is 122 Å². The standard InChI is InChI=1S/C27H48O6/c1-17(7-6-15-26(30,23(28)29)27(31,32)33)20-11-12-21-19-10-9-18-8-4-5-14-24(18,2)22(19)13-16-25(20,21)3/h17-23,28-33H,4-16H2,1-3H3/t17-,18-,19+,20-,21+,22+,24+,25-,26?/m1/s1. The summed E-state index contributed by atoms with van der Waals surface area (Å²) in [4.78, 5) is 0. The van der Waals surface area contributed by atoms with Gasteiger partial charge in [0.2, 0.25) is 0 Å². The molecule has 6 N–H and O–H groups in total. The molecule has 0 amide bonds. The maximum atomic E-state index is 10.2. The van der Waals surface area contributed by atoms with Crippen LogP contribution in [0.25, 0.3) is 0 Å². The van der Waals surface area contributed by atoms with E-state index in [0.717, 1.165) is 30.1 Å². The fourth-order valence-corrected chi connectivity index (χ4v) is 9.64. The largest absolute Gasteiger partial charge is 0.377 e. The van der Waals surface area contributed by atoms with Gasteiger partial charge in [0, 0.05) is 0 Å². The molecule has 33 heavy (non-hydrogen) atoms. The van der Waals surface area contributed by atoms with Gasteiger partial charge >= 0.3 is 5.97 Å². The first kappa shape index (κ1) is 25.8. The lowest BCUT2D eigenvalue weighted by atomic mass is 9.44. The lowest BCUT2D eigenvalue weighted by molar-refractivity contribution is -0.425. The summed E-state index contributed by atoms with van der Waals surface area (Å²) in [5.41, 5.74) is -1.89. The molecule has 4 aliphatic carbocycles. The quantitative estimate of drug-likeness (QED) is 0.318. The molecule has 0 spiro atoms. The third-order valence-electron chi connectivity index (χ3n) is 11.6. The van der Waals surface area contributed by atoms with Gasteiger partial charge in [-0.3, -0.25) is 0 Å². The fraction of sp³-hybridized carbons (Fsp3) is 1.00. The van der Waals surface area contributed by atoms with Gasteiger partial charge in [-0.15, -0.1) is 0 Å². The summed E-state index contributed by atoms with van der Waals surface area (Å²) in [5.74, 6) is 0.898. The Bertz CT molecular complexity index is 691. The second-order valence-electron chi connectivity index (χ2n) is 12.9. The van der Waals surface area contributed by atoms with E-state index in [1.807, 2.05) is 0 Å². The first-order valence-electron chi connectivity index (χ1n) is 13.6. The van der Waals surface area contributed by atoms with E-state index in [4.69, 9.17) is 0 Å². The summed E-state index contributed by atoms with van der Waals surface area (Å²) >= 11 is 0. The predicted octanol–water partition coefficient (Wildman–Crippen LogP) is 3.51. The van der Waals surface area contributed by atoms with Gasteiger partial charge in [-0.05, 0) is 111 Å². The third-order valence-corrected chi connectivity index (χ3v) is 11.6. The Hall–Kier alpha value is -0.240. The molecule has 9 atom stereocenters. The van der Waals surface area contributed by atoms with Gasteiger partial charge in [0.15, 0.2) is 11.9 Å². The van der Waals surface area contributed by atoms with Crippen molar-refractivity contribution in [1.82, 2.24) is 0 Å². The number of hydrogen-bond acceptors (Lipinski definition) is 6. The van der Waals surface area contributed by atoms with Gasteiger partial charge in [-0.2, -0.15) is 0 Å². The molecule has 6 nitrogen and oxygen atoms in total. The Morgan fingerprint density at radius 3 is 2.18 bits per heavy atom. The summed E-state index contributed by atoms with van der Waals surface area (Å²) < 4.78 is 0. The lowest BCUT2D eigenvalue weighted by Gasteiger charge is -2.61. The van der Waals surface area contributed by atoms with Crippen molar-refractivity contribution in [3.05, 3.63) is 0 Å². The second kappa shape index (κ2) is 9.01. The van der Waals surface area contributed by atoms with E-state index in [9.17, 15) is 30.6 Å². The van der Waals surface area contributed by atoms with Crippen molar-refractivity contribution in [3.8, 4) is 0 Å². The van der Waals surface area contributed by atoms with Crippen LogP contribution in [0.15, 0.2) is 0 Å². The molecule has 0 saturated heterocycles. The highest BCUT2D eigenvalue weighted by Gasteiger charge is 2.60. The SMILES string of the molecule is C[C@H](CCCC(O)(C(O)O)C(O)(O)O)[C@H]1CC[C@H]2[C@@H]3CC[C@H]4CCCC[C@]4(C)[C@H]3CC[C@]12C. The molecule has 0 aromatic carbocycles. The van der Waals surface area contributed by atoms with Crippen LogP contribution in [-0.4, -0.2) is 48.5 Å². The molecule has 6 heteroatoms. The van der Waals surface area contributed by atoms with Crippen molar-refractivity contribution < 1.29 is 30.6 Å².